The Labute approximate surface area is 70.1 Å². The van der Waals surface area contributed by atoms with E-state index >= 15 is 0 Å². The predicted octanol–water partition coefficient (Wildman–Crippen LogP) is 2.75. The summed E-state index contributed by atoms with van der Waals surface area (Å²) in [5, 5.41) is 9.46. The van der Waals surface area contributed by atoms with Gasteiger partial charge in [-0.05, 0) is 19.3 Å². The van der Waals surface area contributed by atoms with E-state index in [9.17, 15) is 5.11 Å². The van der Waals surface area contributed by atoms with Crippen LogP contribution in [0.3, 0.4) is 0 Å². The van der Waals surface area contributed by atoms with Crippen LogP contribution in [0.25, 0.3) is 0 Å². The van der Waals surface area contributed by atoms with Crippen LogP contribution in [-0.4, -0.2) is 11.2 Å². The molecule has 0 aromatic heterocycles. The molecule has 0 aliphatic rings. The van der Waals surface area contributed by atoms with Gasteiger partial charge >= 0.3 is 0 Å². The van der Waals surface area contributed by atoms with Gasteiger partial charge in [0.2, 0.25) is 0 Å². The van der Waals surface area contributed by atoms with Gasteiger partial charge < -0.3 is 5.11 Å². The quantitative estimate of drug-likeness (QED) is 0.607. The fourth-order valence-corrected chi connectivity index (χ4v) is 1.14. The summed E-state index contributed by atoms with van der Waals surface area (Å²) in [4.78, 5) is 0. The zero-order valence-electron chi connectivity index (χ0n) is 7.93. The van der Waals surface area contributed by atoms with Crippen LogP contribution < -0.4 is 0 Å². The van der Waals surface area contributed by atoms with E-state index in [1.807, 2.05) is 6.92 Å². The number of hydrogen-bond donors (Lipinski definition) is 1. The van der Waals surface area contributed by atoms with Crippen molar-refractivity contribution in [1.29, 1.82) is 0 Å². The molecule has 0 aromatic rings. The first-order valence-corrected chi connectivity index (χ1v) is 4.45. The van der Waals surface area contributed by atoms with Crippen molar-refractivity contribution in [1.82, 2.24) is 0 Å². The Bertz CT molecular complexity index is 114. The molecular weight excluding hydrogens is 136 g/mol. The summed E-state index contributed by atoms with van der Waals surface area (Å²) < 4.78 is 0. The normalized spacial score (nSPS) is 13.5. The van der Waals surface area contributed by atoms with Crippen molar-refractivity contribution in [3.05, 3.63) is 12.2 Å². The lowest BCUT2D eigenvalue weighted by molar-refractivity contribution is 0.172. The van der Waals surface area contributed by atoms with Crippen molar-refractivity contribution in [3.8, 4) is 0 Å². The highest BCUT2D eigenvalue weighted by Crippen LogP contribution is 2.17. The summed E-state index contributed by atoms with van der Waals surface area (Å²) in [6, 6.07) is 0. The first-order valence-electron chi connectivity index (χ1n) is 4.45. The predicted molar refractivity (Wildman–Crippen MR) is 49.5 cm³/mol. The Morgan fingerprint density at radius 2 is 1.82 bits per heavy atom. The van der Waals surface area contributed by atoms with E-state index in [1.54, 1.807) is 0 Å². The third-order valence-electron chi connectivity index (χ3n) is 2.28. The monoisotopic (exact) mass is 156 g/mol. The molecule has 66 valence electrons. The lowest BCUT2D eigenvalue weighted by Crippen LogP contribution is -2.13. The van der Waals surface area contributed by atoms with Crippen LogP contribution in [0.1, 0.15) is 40.0 Å². The highest BCUT2D eigenvalue weighted by Gasteiger charge is 2.10. The summed E-state index contributed by atoms with van der Waals surface area (Å²) in [5.74, 6) is 0.654. The third-order valence-corrected chi connectivity index (χ3v) is 2.28. The molecule has 1 N–H and O–H groups in total. The molecule has 0 aliphatic carbocycles. The van der Waals surface area contributed by atoms with Gasteiger partial charge in [-0.3, -0.25) is 0 Å². The van der Waals surface area contributed by atoms with Gasteiger partial charge in [-0.1, -0.05) is 38.8 Å². The lowest BCUT2D eigenvalue weighted by atomic mass is 9.94. The highest BCUT2D eigenvalue weighted by atomic mass is 16.3. The van der Waals surface area contributed by atoms with E-state index in [1.165, 1.54) is 0 Å². The van der Waals surface area contributed by atoms with E-state index in [0.29, 0.717) is 5.92 Å². The molecule has 0 aliphatic heterocycles. The molecule has 0 fully saturated rings. The zero-order chi connectivity index (χ0) is 8.85. The van der Waals surface area contributed by atoms with Crippen LogP contribution in [0.5, 0.6) is 0 Å². The zero-order valence-corrected chi connectivity index (χ0v) is 7.93. The number of aliphatic hydroxyl groups excluding tert-OH is 1. The van der Waals surface area contributed by atoms with Crippen molar-refractivity contribution < 1.29 is 5.11 Å². The van der Waals surface area contributed by atoms with Crippen LogP contribution in [0.4, 0.5) is 0 Å². The number of hydrogen-bond acceptors (Lipinski definition) is 1. The third kappa shape index (κ3) is 4.20. The van der Waals surface area contributed by atoms with E-state index in [-0.39, 0.29) is 6.10 Å². The molecule has 0 saturated carbocycles. The Balaban J connectivity index is 3.71. The van der Waals surface area contributed by atoms with Gasteiger partial charge in [0.1, 0.15) is 0 Å². The molecule has 0 heterocycles. The molecule has 0 aromatic carbocycles. The molecule has 0 saturated heterocycles. The second kappa shape index (κ2) is 5.36. The average Bonchev–Trinajstić information content (AvgIpc) is 1.99. The van der Waals surface area contributed by atoms with Gasteiger partial charge in [0.05, 0.1) is 6.10 Å². The maximum atomic E-state index is 9.46. The molecule has 1 atom stereocenters. The molecule has 0 rings (SSSR count). The molecule has 0 amide bonds. The van der Waals surface area contributed by atoms with E-state index in [2.05, 4.69) is 20.4 Å². The smallest absolute Gasteiger partial charge is 0.0747 e. The van der Waals surface area contributed by atoms with Crippen LogP contribution in [-0.2, 0) is 0 Å². The maximum absolute atomic E-state index is 9.46. The molecule has 0 spiro atoms. The molecule has 1 unspecified atom stereocenters. The lowest BCUT2D eigenvalue weighted by Gasteiger charge is -2.16. The Kier molecular flexibility index (Phi) is 5.22. The molecule has 11 heavy (non-hydrogen) atoms. The van der Waals surface area contributed by atoms with Crippen molar-refractivity contribution in [2.75, 3.05) is 0 Å². The molecule has 0 radical (unpaired) electrons. The van der Waals surface area contributed by atoms with Crippen molar-refractivity contribution in [2.24, 2.45) is 5.92 Å². The Morgan fingerprint density at radius 1 is 1.36 bits per heavy atom. The average molecular weight is 156 g/mol. The largest absolute Gasteiger partial charge is 0.389 e. The van der Waals surface area contributed by atoms with E-state index in [4.69, 9.17) is 0 Å². The highest BCUT2D eigenvalue weighted by molar-refractivity contribution is 4.96. The SMILES string of the molecule is C=C(C)C(O)CC(CC)CC. The standard InChI is InChI=1S/C10H20O/c1-5-9(6-2)7-10(11)8(3)4/h9-11H,3,5-7H2,1-2,4H3. The fourth-order valence-electron chi connectivity index (χ4n) is 1.14. The van der Waals surface area contributed by atoms with Crippen molar-refractivity contribution in [2.45, 2.75) is 46.1 Å². The van der Waals surface area contributed by atoms with Crippen LogP contribution >= 0.6 is 0 Å². The van der Waals surface area contributed by atoms with Gasteiger partial charge in [0, 0.05) is 0 Å². The first-order chi connectivity index (χ1) is 5.11. The number of rotatable bonds is 5. The minimum Gasteiger partial charge on any atom is -0.389 e. The topological polar surface area (TPSA) is 20.2 Å². The second-order valence-electron chi connectivity index (χ2n) is 3.28. The van der Waals surface area contributed by atoms with Crippen LogP contribution in [0.15, 0.2) is 12.2 Å². The molecule has 1 heteroatoms. The van der Waals surface area contributed by atoms with Crippen molar-refractivity contribution in [3.63, 3.8) is 0 Å². The van der Waals surface area contributed by atoms with Crippen molar-refractivity contribution >= 4 is 0 Å². The summed E-state index contributed by atoms with van der Waals surface area (Å²) in [6.45, 7) is 9.94. The Hall–Kier alpha value is -0.300. The van der Waals surface area contributed by atoms with Gasteiger partial charge in [0.15, 0.2) is 0 Å². The van der Waals surface area contributed by atoms with Gasteiger partial charge in [-0.25, -0.2) is 0 Å². The molecular formula is C10H20O. The molecule has 1 nitrogen and oxygen atoms in total. The minimum absolute atomic E-state index is 0.292. The van der Waals surface area contributed by atoms with E-state index < -0.39 is 0 Å². The first kappa shape index (κ1) is 10.7. The van der Waals surface area contributed by atoms with Gasteiger partial charge in [0.25, 0.3) is 0 Å². The molecule has 0 bridgehead atoms. The van der Waals surface area contributed by atoms with E-state index in [0.717, 1.165) is 24.8 Å². The fraction of sp³-hybridized carbons (Fsp3) is 0.800. The van der Waals surface area contributed by atoms with Gasteiger partial charge in [-0.2, -0.15) is 0 Å². The number of aliphatic hydroxyl groups is 1. The summed E-state index contributed by atoms with van der Waals surface area (Å²) in [6.07, 6.45) is 2.89. The van der Waals surface area contributed by atoms with Crippen LogP contribution in [0, 0.1) is 5.92 Å². The maximum Gasteiger partial charge on any atom is 0.0747 e. The summed E-state index contributed by atoms with van der Waals surface area (Å²) >= 11 is 0. The Morgan fingerprint density at radius 3 is 2.09 bits per heavy atom. The van der Waals surface area contributed by atoms with Gasteiger partial charge in [-0.15, -0.1) is 0 Å². The minimum atomic E-state index is -0.292. The summed E-state index contributed by atoms with van der Waals surface area (Å²) in [7, 11) is 0. The summed E-state index contributed by atoms with van der Waals surface area (Å²) in [5.41, 5.74) is 0.886. The second-order valence-corrected chi connectivity index (χ2v) is 3.28. The van der Waals surface area contributed by atoms with Crippen LogP contribution in [0.2, 0.25) is 0 Å².